The smallest absolute Gasteiger partial charge is 0.275 e. The fraction of sp³-hybridized carbons (Fsp3) is 0.227. The molecule has 29 heavy (non-hydrogen) atoms. The fourth-order valence-electron chi connectivity index (χ4n) is 4.00. The molecule has 2 aromatic heterocycles. The number of hydrogen-bond donors (Lipinski definition) is 1. The van der Waals surface area contributed by atoms with E-state index in [0.29, 0.717) is 18.5 Å². The van der Waals surface area contributed by atoms with Crippen LogP contribution in [-0.2, 0) is 24.3 Å². The van der Waals surface area contributed by atoms with Gasteiger partial charge >= 0.3 is 0 Å². The lowest BCUT2D eigenvalue weighted by atomic mass is 10.0. The minimum atomic E-state index is -0.244. The standard InChI is InChI=1S/C22H20N4O3/c1-29-15-6-7-19-17(10-15)18-12-25(9-8-20(18)24-19)21(27)13-26-22(28)16-5-3-2-4-14(16)11-23-26/h2-7,10-11,24H,8-9,12-13H2,1H3. The Hall–Kier alpha value is -3.61. The van der Waals surface area contributed by atoms with Crippen LogP contribution in [0.5, 0.6) is 5.75 Å². The van der Waals surface area contributed by atoms with Gasteiger partial charge in [0.1, 0.15) is 12.3 Å². The molecule has 1 amide bonds. The molecule has 146 valence electrons. The van der Waals surface area contributed by atoms with Gasteiger partial charge in [-0.05, 0) is 24.3 Å². The minimum Gasteiger partial charge on any atom is -0.497 e. The maximum absolute atomic E-state index is 12.9. The molecule has 2 aromatic carbocycles. The molecule has 0 fully saturated rings. The molecule has 4 aromatic rings. The van der Waals surface area contributed by atoms with Crippen molar-refractivity contribution in [1.82, 2.24) is 19.7 Å². The van der Waals surface area contributed by atoms with Gasteiger partial charge in [-0.2, -0.15) is 5.10 Å². The van der Waals surface area contributed by atoms with Crippen molar-refractivity contribution in [2.45, 2.75) is 19.5 Å². The van der Waals surface area contributed by atoms with Crippen LogP contribution in [0.15, 0.2) is 53.5 Å². The van der Waals surface area contributed by atoms with E-state index < -0.39 is 0 Å². The number of amides is 1. The molecule has 3 heterocycles. The number of carbonyl (C=O) groups is 1. The van der Waals surface area contributed by atoms with E-state index in [1.54, 1.807) is 24.3 Å². The third-order valence-corrected chi connectivity index (χ3v) is 5.58. The van der Waals surface area contributed by atoms with Gasteiger partial charge in [-0.25, -0.2) is 4.68 Å². The SMILES string of the molecule is COc1ccc2[nH]c3c(c2c1)CN(C(=O)Cn1ncc2ccccc2c1=O)CC3. The summed E-state index contributed by atoms with van der Waals surface area (Å²) in [7, 11) is 1.64. The van der Waals surface area contributed by atoms with Gasteiger partial charge in [0, 0.05) is 47.1 Å². The number of benzene rings is 2. The van der Waals surface area contributed by atoms with Gasteiger partial charge in [0.25, 0.3) is 5.56 Å². The van der Waals surface area contributed by atoms with Gasteiger partial charge in [-0.3, -0.25) is 9.59 Å². The van der Waals surface area contributed by atoms with Crippen LogP contribution in [0.25, 0.3) is 21.7 Å². The maximum Gasteiger partial charge on any atom is 0.275 e. The monoisotopic (exact) mass is 388 g/mol. The van der Waals surface area contributed by atoms with E-state index >= 15 is 0 Å². The van der Waals surface area contributed by atoms with Crippen molar-refractivity contribution in [1.29, 1.82) is 0 Å². The topological polar surface area (TPSA) is 80.2 Å². The predicted octanol–water partition coefficient (Wildman–Crippen LogP) is 2.47. The number of rotatable bonds is 3. The molecule has 0 aliphatic carbocycles. The number of nitrogens with one attached hydrogen (secondary N) is 1. The quantitative estimate of drug-likeness (QED) is 0.585. The Kier molecular flexibility index (Phi) is 4.08. The van der Waals surface area contributed by atoms with Gasteiger partial charge in [0.2, 0.25) is 5.91 Å². The predicted molar refractivity (Wildman–Crippen MR) is 110 cm³/mol. The molecule has 0 saturated heterocycles. The lowest BCUT2D eigenvalue weighted by molar-refractivity contribution is -0.133. The van der Waals surface area contributed by atoms with E-state index in [4.69, 9.17) is 4.74 Å². The Morgan fingerprint density at radius 2 is 2.07 bits per heavy atom. The van der Waals surface area contributed by atoms with Gasteiger partial charge in [-0.15, -0.1) is 0 Å². The van der Waals surface area contributed by atoms with Crippen LogP contribution in [0.2, 0.25) is 0 Å². The summed E-state index contributed by atoms with van der Waals surface area (Å²) in [6.45, 7) is 1.05. The van der Waals surface area contributed by atoms with Crippen LogP contribution in [0, 0.1) is 0 Å². The molecule has 0 atom stereocenters. The van der Waals surface area contributed by atoms with Crippen LogP contribution in [0.3, 0.4) is 0 Å². The number of carbonyl (C=O) groups excluding carboxylic acids is 1. The largest absolute Gasteiger partial charge is 0.497 e. The number of nitrogens with zero attached hydrogens (tertiary/aromatic N) is 3. The van der Waals surface area contributed by atoms with Crippen molar-refractivity contribution in [3.63, 3.8) is 0 Å². The second-order valence-corrected chi connectivity index (χ2v) is 7.25. The van der Waals surface area contributed by atoms with Crippen LogP contribution in [0.1, 0.15) is 11.3 Å². The summed E-state index contributed by atoms with van der Waals surface area (Å²) in [5, 5.41) is 6.59. The Labute approximate surface area is 166 Å². The first-order valence-corrected chi connectivity index (χ1v) is 9.54. The Balaban J connectivity index is 1.42. The van der Waals surface area contributed by atoms with E-state index in [-0.39, 0.29) is 18.0 Å². The van der Waals surface area contributed by atoms with Crippen molar-refractivity contribution >= 4 is 27.6 Å². The van der Waals surface area contributed by atoms with Crippen molar-refractivity contribution in [3.8, 4) is 5.75 Å². The molecule has 1 aliphatic heterocycles. The number of H-pyrrole nitrogens is 1. The molecular formula is C22H20N4O3. The molecule has 0 unspecified atom stereocenters. The first-order chi connectivity index (χ1) is 14.1. The average Bonchev–Trinajstić information content (AvgIpc) is 3.12. The van der Waals surface area contributed by atoms with E-state index in [0.717, 1.165) is 39.7 Å². The van der Waals surface area contributed by atoms with Crippen LogP contribution in [0.4, 0.5) is 0 Å². The summed E-state index contributed by atoms with van der Waals surface area (Å²) in [5.41, 5.74) is 3.05. The Morgan fingerprint density at radius 3 is 2.93 bits per heavy atom. The number of hydrogen-bond acceptors (Lipinski definition) is 4. The van der Waals surface area contributed by atoms with Crippen LogP contribution >= 0.6 is 0 Å². The Morgan fingerprint density at radius 1 is 1.21 bits per heavy atom. The first-order valence-electron chi connectivity index (χ1n) is 9.54. The van der Waals surface area contributed by atoms with Gasteiger partial charge in [0.05, 0.1) is 18.7 Å². The molecule has 0 spiro atoms. The van der Waals surface area contributed by atoms with Crippen LogP contribution < -0.4 is 10.3 Å². The van der Waals surface area contributed by atoms with Gasteiger partial charge in [-0.1, -0.05) is 18.2 Å². The van der Waals surface area contributed by atoms with Crippen molar-refractivity contribution < 1.29 is 9.53 Å². The molecule has 0 saturated carbocycles. The Bertz CT molecular complexity index is 1300. The fourth-order valence-corrected chi connectivity index (χ4v) is 4.00. The van der Waals surface area contributed by atoms with Crippen molar-refractivity contribution in [3.05, 3.63) is 70.3 Å². The highest BCUT2D eigenvalue weighted by Crippen LogP contribution is 2.30. The van der Waals surface area contributed by atoms with Crippen molar-refractivity contribution in [2.75, 3.05) is 13.7 Å². The first kappa shape index (κ1) is 17.5. The molecule has 0 bridgehead atoms. The molecule has 1 N–H and O–H groups in total. The third-order valence-electron chi connectivity index (χ3n) is 5.58. The zero-order valence-corrected chi connectivity index (χ0v) is 16.0. The molecule has 1 aliphatic rings. The number of aromatic amines is 1. The lowest BCUT2D eigenvalue weighted by Crippen LogP contribution is -2.40. The molecule has 7 heteroatoms. The molecular weight excluding hydrogens is 368 g/mol. The van der Waals surface area contributed by atoms with E-state index in [1.165, 1.54) is 4.68 Å². The maximum atomic E-state index is 12.9. The second-order valence-electron chi connectivity index (χ2n) is 7.25. The van der Waals surface area contributed by atoms with Crippen LogP contribution in [-0.4, -0.2) is 39.2 Å². The van der Waals surface area contributed by atoms with E-state index in [9.17, 15) is 9.59 Å². The third kappa shape index (κ3) is 2.95. The summed E-state index contributed by atoms with van der Waals surface area (Å²) < 4.78 is 6.59. The lowest BCUT2D eigenvalue weighted by Gasteiger charge is -2.27. The second kappa shape index (κ2) is 6.77. The average molecular weight is 388 g/mol. The minimum absolute atomic E-state index is 0.0648. The molecule has 7 nitrogen and oxygen atoms in total. The van der Waals surface area contributed by atoms with E-state index in [2.05, 4.69) is 10.1 Å². The number of fused-ring (bicyclic) bond motifs is 4. The van der Waals surface area contributed by atoms with Gasteiger partial charge in [0.15, 0.2) is 0 Å². The zero-order chi connectivity index (χ0) is 20.0. The normalized spacial score (nSPS) is 13.6. The molecule has 0 radical (unpaired) electrons. The highest BCUT2D eigenvalue weighted by atomic mass is 16.5. The number of aromatic nitrogens is 3. The summed E-state index contributed by atoms with van der Waals surface area (Å²) in [5.74, 6) is 0.674. The number of methoxy groups -OCH3 is 1. The summed E-state index contributed by atoms with van der Waals surface area (Å²) in [4.78, 5) is 30.8. The van der Waals surface area contributed by atoms with E-state index in [1.807, 2.05) is 36.4 Å². The summed E-state index contributed by atoms with van der Waals surface area (Å²) in [6, 6.07) is 13.2. The highest BCUT2D eigenvalue weighted by Gasteiger charge is 2.25. The van der Waals surface area contributed by atoms with Crippen molar-refractivity contribution in [2.24, 2.45) is 0 Å². The summed E-state index contributed by atoms with van der Waals surface area (Å²) >= 11 is 0. The summed E-state index contributed by atoms with van der Waals surface area (Å²) in [6.07, 6.45) is 2.38. The number of ether oxygens (including phenoxy) is 1. The van der Waals surface area contributed by atoms with Gasteiger partial charge < -0.3 is 14.6 Å². The highest BCUT2D eigenvalue weighted by molar-refractivity contribution is 5.87. The zero-order valence-electron chi connectivity index (χ0n) is 16.0. The molecule has 5 rings (SSSR count).